The van der Waals surface area contributed by atoms with Gasteiger partial charge in [0.05, 0.1) is 18.8 Å². The van der Waals surface area contributed by atoms with E-state index < -0.39 is 0 Å². The van der Waals surface area contributed by atoms with E-state index in [9.17, 15) is 4.79 Å². The van der Waals surface area contributed by atoms with Crippen molar-refractivity contribution in [1.29, 1.82) is 0 Å². The van der Waals surface area contributed by atoms with Gasteiger partial charge in [-0.25, -0.2) is 9.67 Å². The molecule has 30 heavy (non-hydrogen) atoms. The molecule has 1 amide bonds. The van der Waals surface area contributed by atoms with Crippen LogP contribution in [0.4, 0.5) is 0 Å². The fourth-order valence-electron chi connectivity index (χ4n) is 3.31. The van der Waals surface area contributed by atoms with Gasteiger partial charge in [-0.05, 0) is 43.8 Å². The number of fused-ring (bicyclic) bond motifs is 1. The third-order valence-corrected chi connectivity index (χ3v) is 5.21. The summed E-state index contributed by atoms with van der Waals surface area (Å²) in [6, 6.07) is 15.7. The van der Waals surface area contributed by atoms with Gasteiger partial charge in [0.25, 0.3) is 0 Å². The highest BCUT2D eigenvalue weighted by atomic mass is 16.6. The molecular weight excluding hydrogens is 382 g/mol. The number of rotatable bonds is 7. The molecule has 1 aromatic heterocycles. The van der Waals surface area contributed by atoms with Gasteiger partial charge in [0.2, 0.25) is 5.91 Å². The van der Waals surface area contributed by atoms with E-state index in [0.29, 0.717) is 18.9 Å². The summed E-state index contributed by atoms with van der Waals surface area (Å²) in [6.07, 6.45) is 2.97. The van der Waals surface area contributed by atoms with Crippen LogP contribution in [0.2, 0.25) is 0 Å². The second-order valence-electron chi connectivity index (χ2n) is 7.32. The Morgan fingerprint density at radius 2 is 2.00 bits per heavy atom. The van der Waals surface area contributed by atoms with E-state index in [1.165, 1.54) is 6.33 Å². The molecule has 0 radical (unpaired) electrons. The van der Waals surface area contributed by atoms with Crippen molar-refractivity contribution >= 4 is 5.91 Å². The van der Waals surface area contributed by atoms with Gasteiger partial charge < -0.3 is 14.8 Å². The van der Waals surface area contributed by atoms with Crippen LogP contribution in [0.15, 0.2) is 61.2 Å². The molecule has 0 aliphatic carbocycles. The number of nitrogens with zero attached hydrogens (tertiary/aromatic N) is 4. The van der Waals surface area contributed by atoms with Crippen molar-refractivity contribution in [3.05, 3.63) is 66.7 Å². The first-order chi connectivity index (χ1) is 14.6. The average molecular weight is 407 g/mol. The highest BCUT2D eigenvalue weighted by molar-refractivity contribution is 5.78. The van der Waals surface area contributed by atoms with Crippen LogP contribution in [0.25, 0.3) is 5.69 Å². The van der Waals surface area contributed by atoms with Crippen molar-refractivity contribution in [3.8, 4) is 17.2 Å². The quantitative estimate of drug-likeness (QED) is 0.647. The predicted octanol–water partition coefficient (Wildman–Crippen LogP) is 2.22. The summed E-state index contributed by atoms with van der Waals surface area (Å²) in [5, 5.41) is 7.07. The van der Waals surface area contributed by atoms with Crippen molar-refractivity contribution in [1.82, 2.24) is 25.0 Å². The Bertz CT molecular complexity index is 975. The molecule has 8 heteroatoms. The van der Waals surface area contributed by atoms with Gasteiger partial charge in [0, 0.05) is 6.04 Å². The van der Waals surface area contributed by atoms with Gasteiger partial charge in [0.15, 0.2) is 11.5 Å². The molecule has 2 heterocycles. The van der Waals surface area contributed by atoms with E-state index in [-0.39, 0.29) is 24.6 Å². The van der Waals surface area contributed by atoms with Gasteiger partial charge in [-0.2, -0.15) is 5.10 Å². The Morgan fingerprint density at radius 1 is 1.23 bits per heavy atom. The molecule has 8 nitrogen and oxygen atoms in total. The molecule has 1 aliphatic heterocycles. The lowest BCUT2D eigenvalue weighted by Gasteiger charge is -2.27. The first kappa shape index (κ1) is 19.9. The number of amides is 1. The highest BCUT2D eigenvalue weighted by Gasteiger charge is 2.22. The van der Waals surface area contributed by atoms with Crippen LogP contribution in [0.1, 0.15) is 18.5 Å². The molecule has 4 rings (SSSR count). The van der Waals surface area contributed by atoms with E-state index in [4.69, 9.17) is 9.47 Å². The van der Waals surface area contributed by atoms with Crippen molar-refractivity contribution in [2.75, 3.05) is 26.7 Å². The number of nitrogens with one attached hydrogen (secondary N) is 1. The van der Waals surface area contributed by atoms with Crippen LogP contribution in [0.5, 0.6) is 11.5 Å². The maximum Gasteiger partial charge on any atom is 0.234 e. The van der Waals surface area contributed by atoms with Crippen molar-refractivity contribution in [2.24, 2.45) is 0 Å². The van der Waals surface area contributed by atoms with Gasteiger partial charge >= 0.3 is 0 Å². The van der Waals surface area contributed by atoms with E-state index in [1.54, 1.807) is 11.0 Å². The molecule has 0 spiro atoms. The lowest BCUT2D eigenvalue weighted by molar-refractivity contribution is -0.122. The van der Waals surface area contributed by atoms with Crippen molar-refractivity contribution < 1.29 is 14.3 Å². The maximum atomic E-state index is 12.4. The average Bonchev–Trinajstić information content (AvgIpc) is 3.32. The van der Waals surface area contributed by atoms with Crippen LogP contribution in [0, 0.1) is 0 Å². The minimum atomic E-state index is -0.198. The third kappa shape index (κ3) is 4.60. The first-order valence-corrected chi connectivity index (χ1v) is 9.90. The van der Waals surface area contributed by atoms with Gasteiger partial charge in [-0.3, -0.25) is 9.69 Å². The molecule has 3 aromatic rings. The summed E-state index contributed by atoms with van der Waals surface area (Å²) in [6.45, 7) is 3.19. The Hall–Kier alpha value is -3.39. The maximum absolute atomic E-state index is 12.4. The second-order valence-corrected chi connectivity index (χ2v) is 7.32. The topological polar surface area (TPSA) is 81.5 Å². The van der Waals surface area contributed by atoms with Crippen molar-refractivity contribution in [2.45, 2.75) is 19.1 Å². The predicted molar refractivity (Wildman–Crippen MR) is 112 cm³/mol. The number of para-hydroxylation sites is 2. The number of ether oxygens (including phenoxy) is 2. The monoisotopic (exact) mass is 407 g/mol. The van der Waals surface area contributed by atoms with Crippen LogP contribution in [-0.4, -0.2) is 58.4 Å². The van der Waals surface area contributed by atoms with E-state index in [0.717, 1.165) is 17.0 Å². The zero-order valence-corrected chi connectivity index (χ0v) is 17.1. The molecule has 0 saturated carbocycles. The molecule has 1 aliphatic rings. The number of aromatic nitrogens is 3. The molecule has 1 N–H and O–H groups in total. The number of hydrogen-bond donors (Lipinski definition) is 1. The minimum Gasteiger partial charge on any atom is -0.486 e. The Kier molecular flexibility index (Phi) is 5.94. The van der Waals surface area contributed by atoms with Gasteiger partial charge in [-0.1, -0.05) is 24.3 Å². The molecule has 2 atom stereocenters. The van der Waals surface area contributed by atoms with Crippen LogP contribution in [-0.2, 0) is 4.79 Å². The number of carbonyl (C=O) groups excluding carboxylic acids is 1. The van der Waals surface area contributed by atoms with E-state index in [1.807, 2.05) is 60.5 Å². The van der Waals surface area contributed by atoms with E-state index in [2.05, 4.69) is 22.3 Å². The molecule has 0 bridgehead atoms. The number of likely N-dealkylation sites (N-methyl/N-ethyl adjacent to an activating group) is 1. The van der Waals surface area contributed by atoms with Crippen LogP contribution < -0.4 is 14.8 Å². The third-order valence-electron chi connectivity index (χ3n) is 5.21. The summed E-state index contributed by atoms with van der Waals surface area (Å²) >= 11 is 0. The Morgan fingerprint density at radius 3 is 2.73 bits per heavy atom. The lowest BCUT2D eigenvalue weighted by Crippen LogP contribution is -2.44. The molecule has 156 valence electrons. The Balaban J connectivity index is 1.26. The first-order valence-electron chi connectivity index (χ1n) is 9.90. The number of hydrogen-bond acceptors (Lipinski definition) is 6. The van der Waals surface area contributed by atoms with E-state index >= 15 is 0 Å². The number of carbonyl (C=O) groups is 1. The summed E-state index contributed by atoms with van der Waals surface area (Å²) in [5.41, 5.74) is 2.06. The standard InChI is InChI=1S/C22H25N5O3/c1-16(17-7-9-18(10-8-17)27-15-23-14-25-27)26(2)12-22(28)24-11-19-13-29-20-5-3-4-6-21(20)30-19/h3-10,14-16,19H,11-13H2,1-2H3,(H,24,28)/t16-,19+/m1/s1. The SMILES string of the molecule is C[C@H](c1ccc(-n2cncn2)cc1)N(C)CC(=O)NC[C@H]1COc2ccccc2O1. The largest absolute Gasteiger partial charge is 0.486 e. The molecular formula is C22H25N5O3. The summed E-state index contributed by atoms with van der Waals surface area (Å²) < 4.78 is 13.3. The number of benzene rings is 2. The van der Waals surface area contributed by atoms with Gasteiger partial charge in [0.1, 0.15) is 25.4 Å². The fraction of sp³-hybridized carbons (Fsp3) is 0.318. The van der Waals surface area contributed by atoms with Crippen LogP contribution >= 0.6 is 0 Å². The summed E-state index contributed by atoms with van der Waals surface area (Å²) in [4.78, 5) is 18.4. The second kappa shape index (κ2) is 8.96. The highest BCUT2D eigenvalue weighted by Crippen LogP contribution is 2.30. The van der Waals surface area contributed by atoms with Crippen LogP contribution in [0.3, 0.4) is 0 Å². The van der Waals surface area contributed by atoms with Crippen molar-refractivity contribution in [3.63, 3.8) is 0 Å². The molecule has 2 aromatic carbocycles. The van der Waals surface area contributed by atoms with Gasteiger partial charge in [-0.15, -0.1) is 0 Å². The zero-order valence-electron chi connectivity index (χ0n) is 17.1. The Labute approximate surface area is 175 Å². The fourth-order valence-corrected chi connectivity index (χ4v) is 3.31. The zero-order chi connectivity index (χ0) is 20.9. The smallest absolute Gasteiger partial charge is 0.234 e. The minimum absolute atomic E-state index is 0.0500. The summed E-state index contributed by atoms with van der Waals surface area (Å²) in [7, 11) is 1.94. The summed E-state index contributed by atoms with van der Waals surface area (Å²) in [5.74, 6) is 1.40. The molecule has 0 fully saturated rings. The lowest BCUT2D eigenvalue weighted by atomic mass is 10.1. The molecule has 0 unspecified atom stereocenters. The molecule has 0 saturated heterocycles. The normalized spacial score (nSPS) is 16.3.